The summed E-state index contributed by atoms with van der Waals surface area (Å²) in [7, 11) is 0. The molecule has 1 heterocycles. The molecule has 108 valence electrons. The number of nitrogens with one attached hydrogen (secondary N) is 1. The van der Waals surface area contributed by atoms with E-state index in [4.69, 9.17) is 27.6 Å². The lowest BCUT2D eigenvalue weighted by molar-refractivity contribution is 0.551. The van der Waals surface area contributed by atoms with Crippen molar-refractivity contribution in [1.29, 1.82) is 0 Å². The molecule has 3 aromatic rings. The molecule has 0 unspecified atom stereocenters. The number of para-hydroxylation sites is 1. The summed E-state index contributed by atoms with van der Waals surface area (Å²) in [5.41, 5.74) is 2.92. The zero-order chi connectivity index (χ0) is 14.8. The van der Waals surface area contributed by atoms with Crippen LogP contribution in [0.25, 0.3) is 11.0 Å². The van der Waals surface area contributed by atoms with Crippen LogP contribution in [0.4, 0.5) is 5.69 Å². The van der Waals surface area contributed by atoms with E-state index in [1.54, 1.807) is 12.1 Å². The van der Waals surface area contributed by atoms with Gasteiger partial charge in [0.05, 0.1) is 10.7 Å². The van der Waals surface area contributed by atoms with Crippen molar-refractivity contribution in [2.24, 2.45) is 0 Å². The molecular weight excluding hydrogens is 305 g/mol. The van der Waals surface area contributed by atoms with Gasteiger partial charge in [0.1, 0.15) is 11.3 Å². The van der Waals surface area contributed by atoms with Crippen molar-refractivity contribution in [2.75, 3.05) is 5.32 Å². The first kappa shape index (κ1) is 14.3. The van der Waals surface area contributed by atoms with Crippen LogP contribution in [-0.2, 0) is 13.0 Å². The van der Waals surface area contributed by atoms with Crippen LogP contribution in [0.3, 0.4) is 0 Å². The predicted molar refractivity (Wildman–Crippen MR) is 89.4 cm³/mol. The largest absolute Gasteiger partial charge is 0.461 e. The minimum Gasteiger partial charge on any atom is -0.461 e. The van der Waals surface area contributed by atoms with Crippen molar-refractivity contribution >= 4 is 39.9 Å². The van der Waals surface area contributed by atoms with Crippen LogP contribution in [0.1, 0.15) is 18.2 Å². The number of hydrogen-bond donors (Lipinski definition) is 1. The van der Waals surface area contributed by atoms with Crippen molar-refractivity contribution in [2.45, 2.75) is 19.9 Å². The molecule has 0 saturated heterocycles. The van der Waals surface area contributed by atoms with E-state index in [1.807, 2.05) is 24.3 Å². The van der Waals surface area contributed by atoms with Gasteiger partial charge in [-0.05, 0) is 24.3 Å². The van der Waals surface area contributed by atoms with Crippen LogP contribution in [0, 0.1) is 0 Å². The first-order valence-electron chi connectivity index (χ1n) is 6.87. The Balaban J connectivity index is 1.93. The molecule has 0 radical (unpaired) electrons. The van der Waals surface area contributed by atoms with Crippen molar-refractivity contribution in [3.05, 3.63) is 63.8 Å². The highest BCUT2D eigenvalue weighted by Crippen LogP contribution is 2.29. The van der Waals surface area contributed by atoms with E-state index in [0.717, 1.165) is 28.8 Å². The summed E-state index contributed by atoms with van der Waals surface area (Å²) < 4.78 is 5.89. The van der Waals surface area contributed by atoms with Crippen molar-refractivity contribution in [3.63, 3.8) is 0 Å². The predicted octanol–water partition coefficient (Wildman–Crippen LogP) is 5.91. The highest BCUT2D eigenvalue weighted by atomic mass is 35.5. The Labute approximate surface area is 133 Å². The summed E-state index contributed by atoms with van der Waals surface area (Å²) in [5.74, 6) is 1.00. The molecule has 0 aliphatic carbocycles. The Morgan fingerprint density at radius 3 is 2.71 bits per heavy atom. The van der Waals surface area contributed by atoms with Crippen molar-refractivity contribution < 1.29 is 4.42 Å². The summed E-state index contributed by atoms with van der Waals surface area (Å²) in [4.78, 5) is 0. The highest BCUT2D eigenvalue weighted by Gasteiger charge is 2.12. The van der Waals surface area contributed by atoms with Gasteiger partial charge in [0, 0.05) is 28.9 Å². The Bertz CT molecular complexity index is 780. The van der Waals surface area contributed by atoms with Gasteiger partial charge in [0.15, 0.2) is 0 Å². The molecule has 0 bridgehead atoms. The van der Waals surface area contributed by atoms with Crippen LogP contribution < -0.4 is 5.32 Å². The molecule has 4 heteroatoms. The molecule has 0 saturated carbocycles. The Hall–Kier alpha value is -1.64. The molecule has 0 atom stereocenters. The monoisotopic (exact) mass is 319 g/mol. The van der Waals surface area contributed by atoms with E-state index in [9.17, 15) is 0 Å². The van der Waals surface area contributed by atoms with Gasteiger partial charge in [0.25, 0.3) is 0 Å². The summed E-state index contributed by atoms with van der Waals surface area (Å²) in [5, 5.41) is 5.80. The molecule has 21 heavy (non-hydrogen) atoms. The van der Waals surface area contributed by atoms with Crippen LogP contribution in [0.15, 0.2) is 46.9 Å². The SMILES string of the molecule is CCc1oc2ccccc2c1CNc1cc(Cl)ccc1Cl. The molecule has 0 fully saturated rings. The fraction of sp³-hybridized carbons (Fsp3) is 0.176. The number of fused-ring (bicyclic) bond motifs is 1. The molecule has 2 nitrogen and oxygen atoms in total. The van der Waals surface area contributed by atoms with Crippen molar-refractivity contribution in [3.8, 4) is 0 Å². The zero-order valence-corrected chi connectivity index (χ0v) is 13.1. The maximum atomic E-state index is 6.18. The normalized spacial score (nSPS) is 11.0. The highest BCUT2D eigenvalue weighted by molar-refractivity contribution is 6.35. The fourth-order valence-corrected chi connectivity index (χ4v) is 2.80. The second-order valence-electron chi connectivity index (χ2n) is 4.83. The molecule has 1 N–H and O–H groups in total. The minimum absolute atomic E-state index is 0.653. The van der Waals surface area contributed by atoms with Gasteiger partial charge < -0.3 is 9.73 Å². The topological polar surface area (TPSA) is 25.2 Å². The van der Waals surface area contributed by atoms with E-state index in [2.05, 4.69) is 18.3 Å². The van der Waals surface area contributed by atoms with E-state index in [1.165, 1.54) is 5.56 Å². The lowest BCUT2D eigenvalue weighted by atomic mass is 10.1. The summed E-state index contributed by atoms with van der Waals surface area (Å²) in [6, 6.07) is 13.5. The van der Waals surface area contributed by atoms with Gasteiger partial charge >= 0.3 is 0 Å². The third-order valence-electron chi connectivity index (χ3n) is 3.49. The van der Waals surface area contributed by atoms with Crippen molar-refractivity contribution in [1.82, 2.24) is 0 Å². The molecule has 2 aromatic carbocycles. The second kappa shape index (κ2) is 6.00. The van der Waals surface area contributed by atoms with Gasteiger partial charge in [0.2, 0.25) is 0 Å². The number of aryl methyl sites for hydroxylation is 1. The second-order valence-corrected chi connectivity index (χ2v) is 5.67. The minimum atomic E-state index is 0.653. The fourth-order valence-electron chi connectivity index (χ4n) is 2.45. The van der Waals surface area contributed by atoms with Crippen LogP contribution in [0.2, 0.25) is 10.0 Å². The van der Waals surface area contributed by atoms with E-state index < -0.39 is 0 Å². The average Bonchev–Trinajstić information content (AvgIpc) is 2.86. The van der Waals surface area contributed by atoms with Crippen LogP contribution in [0.5, 0.6) is 0 Å². The lowest BCUT2D eigenvalue weighted by Crippen LogP contribution is -2.01. The molecule has 1 aromatic heterocycles. The smallest absolute Gasteiger partial charge is 0.134 e. The number of hydrogen-bond acceptors (Lipinski definition) is 2. The quantitative estimate of drug-likeness (QED) is 0.646. The lowest BCUT2D eigenvalue weighted by Gasteiger charge is -2.09. The van der Waals surface area contributed by atoms with Gasteiger partial charge in [-0.1, -0.05) is 48.3 Å². The molecular formula is C17H15Cl2NO. The zero-order valence-electron chi connectivity index (χ0n) is 11.6. The third-order valence-corrected chi connectivity index (χ3v) is 4.05. The van der Waals surface area contributed by atoms with Crippen LogP contribution >= 0.6 is 23.2 Å². The number of anilines is 1. The first-order valence-corrected chi connectivity index (χ1v) is 7.63. The molecule has 0 amide bonds. The molecule has 0 aliphatic rings. The summed E-state index contributed by atoms with van der Waals surface area (Å²) >= 11 is 12.2. The Morgan fingerprint density at radius 1 is 1.10 bits per heavy atom. The Morgan fingerprint density at radius 2 is 1.90 bits per heavy atom. The number of halogens is 2. The number of benzene rings is 2. The molecule has 3 rings (SSSR count). The van der Waals surface area contributed by atoms with Gasteiger partial charge in [-0.3, -0.25) is 0 Å². The number of rotatable bonds is 4. The first-order chi connectivity index (χ1) is 10.2. The van der Waals surface area contributed by atoms with E-state index in [0.29, 0.717) is 16.6 Å². The summed E-state index contributed by atoms with van der Waals surface area (Å²) in [6.45, 7) is 2.74. The van der Waals surface area contributed by atoms with Crippen LogP contribution in [-0.4, -0.2) is 0 Å². The van der Waals surface area contributed by atoms with Gasteiger partial charge in [-0.2, -0.15) is 0 Å². The third kappa shape index (κ3) is 2.87. The maximum absolute atomic E-state index is 6.18. The maximum Gasteiger partial charge on any atom is 0.134 e. The molecule has 0 spiro atoms. The van der Waals surface area contributed by atoms with E-state index in [-0.39, 0.29) is 0 Å². The molecule has 0 aliphatic heterocycles. The van der Waals surface area contributed by atoms with Gasteiger partial charge in [-0.25, -0.2) is 0 Å². The van der Waals surface area contributed by atoms with Gasteiger partial charge in [-0.15, -0.1) is 0 Å². The van der Waals surface area contributed by atoms with E-state index >= 15 is 0 Å². The standard InChI is InChI=1S/C17H15Cl2NO/c1-2-16-13(12-5-3-4-6-17(12)21-16)10-20-15-9-11(18)7-8-14(15)19/h3-9,20H,2,10H2,1H3. The number of furan rings is 1. The Kier molecular flexibility index (Phi) is 4.09. The summed E-state index contributed by atoms with van der Waals surface area (Å²) in [6.07, 6.45) is 0.856. The average molecular weight is 320 g/mol.